The minimum Gasteiger partial charge on any atom is -0.618 e. The third kappa shape index (κ3) is 3.29. The topological polar surface area (TPSA) is 38.5 Å². The molecule has 0 saturated heterocycles. The van der Waals surface area contributed by atoms with Gasteiger partial charge < -0.3 is 14.8 Å². The Morgan fingerprint density at radius 3 is 2.40 bits per heavy atom. The van der Waals surface area contributed by atoms with Crippen LogP contribution in [0.5, 0.6) is 5.75 Å². The molecule has 0 saturated carbocycles. The van der Waals surface area contributed by atoms with Crippen molar-refractivity contribution >= 4 is 17.6 Å². The van der Waals surface area contributed by atoms with Crippen LogP contribution in [0.4, 0.5) is 11.4 Å². The summed E-state index contributed by atoms with van der Waals surface area (Å²) in [6.45, 7) is 0. The second-order valence-electron chi connectivity index (χ2n) is 4.64. The van der Waals surface area contributed by atoms with Crippen LogP contribution in [0.15, 0.2) is 48.5 Å². The van der Waals surface area contributed by atoms with Crippen LogP contribution >= 0.6 is 0 Å². The smallest absolute Gasteiger partial charge is 0.220 e. The maximum Gasteiger partial charge on any atom is 0.220 e. The van der Waals surface area contributed by atoms with E-state index in [1.807, 2.05) is 49.3 Å². The SMILES string of the molecule is COc1cccc(/[N+]([O-])=C/c2ccc(N(C)C)cc2)c1. The molecule has 0 aliphatic heterocycles. The maximum atomic E-state index is 12.1. The van der Waals surface area contributed by atoms with E-state index in [-0.39, 0.29) is 0 Å². The molecule has 2 rings (SSSR count). The van der Waals surface area contributed by atoms with Gasteiger partial charge in [0.2, 0.25) is 5.69 Å². The van der Waals surface area contributed by atoms with Crippen LogP contribution in [0.3, 0.4) is 0 Å². The molecule has 104 valence electrons. The van der Waals surface area contributed by atoms with E-state index in [1.165, 1.54) is 0 Å². The van der Waals surface area contributed by atoms with Crippen LogP contribution in [0.25, 0.3) is 0 Å². The molecule has 0 aromatic heterocycles. The number of ether oxygens (including phenoxy) is 1. The Labute approximate surface area is 119 Å². The van der Waals surface area contributed by atoms with Crippen molar-refractivity contribution in [2.45, 2.75) is 0 Å². The normalized spacial score (nSPS) is 11.2. The number of hydrogen-bond donors (Lipinski definition) is 0. The highest BCUT2D eigenvalue weighted by atomic mass is 16.5. The minimum atomic E-state index is 0.543. The van der Waals surface area contributed by atoms with Gasteiger partial charge in [0.1, 0.15) is 5.75 Å². The molecule has 0 radical (unpaired) electrons. The molecule has 2 aromatic rings. The minimum absolute atomic E-state index is 0.543. The first-order chi connectivity index (χ1) is 9.60. The molecule has 0 atom stereocenters. The van der Waals surface area contributed by atoms with Crippen molar-refractivity contribution in [3.63, 3.8) is 0 Å². The molecular formula is C16H18N2O2. The van der Waals surface area contributed by atoms with E-state index in [1.54, 1.807) is 31.5 Å². The third-order valence-corrected chi connectivity index (χ3v) is 2.98. The lowest BCUT2D eigenvalue weighted by Crippen LogP contribution is -2.08. The van der Waals surface area contributed by atoms with Crippen LogP contribution in [-0.4, -0.2) is 32.2 Å². The van der Waals surface area contributed by atoms with E-state index in [0.717, 1.165) is 16.0 Å². The Morgan fingerprint density at radius 1 is 1.10 bits per heavy atom. The summed E-state index contributed by atoms with van der Waals surface area (Å²) in [6, 6.07) is 14.8. The summed E-state index contributed by atoms with van der Waals surface area (Å²) >= 11 is 0. The maximum absolute atomic E-state index is 12.1. The lowest BCUT2D eigenvalue weighted by Gasteiger charge is -2.11. The van der Waals surface area contributed by atoms with E-state index >= 15 is 0 Å². The Hall–Kier alpha value is -2.49. The van der Waals surface area contributed by atoms with E-state index in [0.29, 0.717) is 11.4 Å². The molecule has 20 heavy (non-hydrogen) atoms. The zero-order valence-electron chi connectivity index (χ0n) is 11.9. The van der Waals surface area contributed by atoms with Gasteiger partial charge in [0, 0.05) is 31.4 Å². The zero-order valence-corrected chi connectivity index (χ0v) is 11.9. The van der Waals surface area contributed by atoms with Gasteiger partial charge in [0.15, 0.2) is 6.21 Å². The summed E-state index contributed by atoms with van der Waals surface area (Å²) in [7, 11) is 5.54. The van der Waals surface area contributed by atoms with E-state index in [9.17, 15) is 5.21 Å². The number of rotatable bonds is 4. The molecule has 0 bridgehead atoms. The molecule has 2 aromatic carbocycles. The zero-order chi connectivity index (χ0) is 14.5. The van der Waals surface area contributed by atoms with Gasteiger partial charge in [-0.1, -0.05) is 6.07 Å². The number of anilines is 1. The molecule has 0 amide bonds. The highest BCUT2D eigenvalue weighted by molar-refractivity contribution is 5.77. The van der Waals surface area contributed by atoms with Gasteiger partial charge >= 0.3 is 0 Å². The van der Waals surface area contributed by atoms with Crippen molar-refractivity contribution in [3.05, 3.63) is 59.3 Å². The Morgan fingerprint density at radius 2 is 1.80 bits per heavy atom. The van der Waals surface area contributed by atoms with Crippen LogP contribution < -0.4 is 9.64 Å². The highest BCUT2D eigenvalue weighted by Gasteiger charge is 2.04. The first-order valence-electron chi connectivity index (χ1n) is 6.33. The van der Waals surface area contributed by atoms with Crippen LogP contribution in [-0.2, 0) is 0 Å². The molecule has 0 aliphatic carbocycles. The molecule has 4 nitrogen and oxygen atoms in total. The average molecular weight is 270 g/mol. The first-order valence-corrected chi connectivity index (χ1v) is 6.33. The number of nitrogens with zero attached hydrogens (tertiary/aromatic N) is 2. The van der Waals surface area contributed by atoms with Crippen molar-refractivity contribution in [3.8, 4) is 5.75 Å². The third-order valence-electron chi connectivity index (χ3n) is 2.98. The van der Waals surface area contributed by atoms with Gasteiger partial charge in [0.25, 0.3) is 0 Å². The van der Waals surface area contributed by atoms with E-state index < -0.39 is 0 Å². The van der Waals surface area contributed by atoms with Crippen molar-refractivity contribution in [1.82, 2.24) is 0 Å². The van der Waals surface area contributed by atoms with Gasteiger partial charge in [0.05, 0.1) is 13.2 Å². The lowest BCUT2D eigenvalue weighted by atomic mass is 10.2. The van der Waals surface area contributed by atoms with E-state index in [4.69, 9.17) is 4.74 Å². The summed E-state index contributed by atoms with van der Waals surface area (Å²) in [6.07, 6.45) is 1.55. The fourth-order valence-electron chi connectivity index (χ4n) is 1.82. The van der Waals surface area contributed by atoms with Crippen molar-refractivity contribution < 1.29 is 9.48 Å². The number of methoxy groups -OCH3 is 1. The van der Waals surface area contributed by atoms with Crippen molar-refractivity contribution in [2.75, 3.05) is 26.1 Å². The second kappa shape index (κ2) is 6.10. The van der Waals surface area contributed by atoms with Gasteiger partial charge in [-0.05, 0) is 30.3 Å². The average Bonchev–Trinajstić information content (AvgIpc) is 2.47. The van der Waals surface area contributed by atoms with Gasteiger partial charge in [-0.15, -0.1) is 0 Å². The molecule has 0 fully saturated rings. The Bertz CT molecular complexity index is 604. The highest BCUT2D eigenvalue weighted by Crippen LogP contribution is 2.19. The van der Waals surface area contributed by atoms with Crippen LogP contribution in [0.1, 0.15) is 5.56 Å². The van der Waals surface area contributed by atoms with E-state index in [2.05, 4.69) is 0 Å². The fourth-order valence-corrected chi connectivity index (χ4v) is 1.82. The molecule has 4 heteroatoms. The predicted octanol–water partition coefficient (Wildman–Crippen LogP) is 3.02. The lowest BCUT2D eigenvalue weighted by molar-refractivity contribution is -0.354. The molecule has 0 heterocycles. The fraction of sp³-hybridized carbons (Fsp3) is 0.188. The number of benzene rings is 2. The van der Waals surface area contributed by atoms with Gasteiger partial charge in [-0.25, -0.2) is 0 Å². The molecule has 0 spiro atoms. The summed E-state index contributed by atoms with van der Waals surface area (Å²) in [4.78, 5) is 2.01. The van der Waals surface area contributed by atoms with Crippen molar-refractivity contribution in [1.29, 1.82) is 0 Å². The Kier molecular flexibility index (Phi) is 4.25. The molecule has 0 unspecified atom stereocenters. The number of hydrogen-bond acceptors (Lipinski definition) is 3. The quantitative estimate of drug-likeness (QED) is 0.371. The molecule has 0 N–H and O–H groups in total. The summed E-state index contributed by atoms with van der Waals surface area (Å²) in [5.41, 5.74) is 2.50. The van der Waals surface area contributed by atoms with Gasteiger partial charge in [-0.3, -0.25) is 0 Å². The van der Waals surface area contributed by atoms with Crippen molar-refractivity contribution in [2.24, 2.45) is 0 Å². The summed E-state index contributed by atoms with van der Waals surface area (Å²) in [5, 5.41) is 12.1. The predicted molar refractivity (Wildman–Crippen MR) is 82.2 cm³/mol. The monoisotopic (exact) mass is 270 g/mol. The van der Waals surface area contributed by atoms with Gasteiger partial charge in [-0.2, -0.15) is 4.74 Å². The summed E-state index contributed by atoms with van der Waals surface area (Å²) < 4.78 is 5.95. The molecular weight excluding hydrogens is 252 g/mol. The van der Waals surface area contributed by atoms with Crippen LogP contribution in [0, 0.1) is 5.21 Å². The standard InChI is InChI=1S/C16H18N2O2/c1-17(2)14-9-7-13(8-10-14)12-18(19)15-5-4-6-16(11-15)20-3/h4-12H,1-3H3/b18-12-. The largest absolute Gasteiger partial charge is 0.618 e. The summed E-state index contributed by atoms with van der Waals surface area (Å²) in [5.74, 6) is 0.666. The second-order valence-corrected chi connectivity index (χ2v) is 4.64. The Balaban J connectivity index is 2.24. The first kappa shape index (κ1) is 13.9. The van der Waals surface area contributed by atoms with Crippen LogP contribution in [0.2, 0.25) is 0 Å². The molecule has 0 aliphatic rings.